The third-order valence-corrected chi connectivity index (χ3v) is 5.68. The van der Waals surface area contributed by atoms with Crippen LogP contribution in [-0.4, -0.2) is 33.0 Å². The summed E-state index contributed by atoms with van der Waals surface area (Å²) in [5.74, 6) is -0.420. The highest BCUT2D eigenvalue weighted by Crippen LogP contribution is 2.28. The van der Waals surface area contributed by atoms with Gasteiger partial charge in [-0.15, -0.1) is 10.2 Å². The molecule has 1 aromatic heterocycles. The average Bonchev–Trinajstić information content (AvgIpc) is 3.22. The van der Waals surface area contributed by atoms with Crippen LogP contribution in [0.25, 0.3) is 11.4 Å². The monoisotopic (exact) mass is 484 g/mol. The minimum Gasteiger partial charge on any atom is -0.433 e. The molecule has 1 amide bonds. The number of anilines is 1. The standard InChI is InChI=1S/C24H19F3N4O2S/c25-18-12-10-17(11-13-18)22-29-30-24(31(22)14-16-6-2-1-3-7-16)34-15-21(32)28-19-8-4-5-9-20(19)33-23(26)27/h1-13,23H,14-15H2,(H,28,32). The molecule has 1 heterocycles. The highest BCUT2D eigenvalue weighted by molar-refractivity contribution is 7.99. The third kappa shape index (κ3) is 5.96. The lowest BCUT2D eigenvalue weighted by Crippen LogP contribution is -2.16. The van der Waals surface area contributed by atoms with Crippen LogP contribution in [0.5, 0.6) is 5.75 Å². The second-order valence-corrected chi connectivity index (χ2v) is 8.04. The summed E-state index contributed by atoms with van der Waals surface area (Å²) in [7, 11) is 0. The van der Waals surface area contributed by atoms with Crippen molar-refractivity contribution < 1.29 is 22.7 Å². The van der Waals surface area contributed by atoms with Crippen LogP contribution in [0.15, 0.2) is 84.0 Å². The van der Waals surface area contributed by atoms with Gasteiger partial charge < -0.3 is 10.1 Å². The van der Waals surface area contributed by atoms with Gasteiger partial charge in [-0.25, -0.2) is 4.39 Å². The summed E-state index contributed by atoms with van der Waals surface area (Å²) in [6.45, 7) is -2.57. The van der Waals surface area contributed by atoms with Crippen molar-refractivity contribution in [2.45, 2.75) is 18.3 Å². The van der Waals surface area contributed by atoms with Crippen molar-refractivity contribution in [1.29, 1.82) is 0 Å². The summed E-state index contributed by atoms with van der Waals surface area (Å²) in [4.78, 5) is 12.5. The van der Waals surface area contributed by atoms with Crippen LogP contribution in [0.2, 0.25) is 0 Å². The van der Waals surface area contributed by atoms with Gasteiger partial charge in [-0.3, -0.25) is 9.36 Å². The molecule has 0 aliphatic carbocycles. The molecule has 0 aliphatic rings. The Labute approximate surface area is 197 Å². The van der Waals surface area contributed by atoms with E-state index in [4.69, 9.17) is 0 Å². The molecule has 0 unspecified atom stereocenters. The van der Waals surface area contributed by atoms with E-state index in [1.54, 1.807) is 18.2 Å². The molecule has 0 radical (unpaired) electrons. The van der Waals surface area contributed by atoms with Crippen LogP contribution in [0.4, 0.5) is 18.9 Å². The minimum atomic E-state index is -3.01. The maximum atomic E-state index is 13.4. The Kier molecular flexibility index (Phi) is 7.48. The minimum absolute atomic E-state index is 0.0423. The Morgan fingerprint density at radius 2 is 1.68 bits per heavy atom. The van der Waals surface area contributed by atoms with E-state index in [1.807, 2.05) is 34.9 Å². The van der Waals surface area contributed by atoms with Gasteiger partial charge in [-0.05, 0) is 42.0 Å². The summed E-state index contributed by atoms with van der Waals surface area (Å²) in [6, 6.07) is 21.5. The van der Waals surface area contributed by atoms with E-state index >= 15 is 0 Å². The third-order valence-electron chi connectivity index (χ3n) is 4.71. The van der Waals surface area contributed by atoms with Crippen LogP contribution in [0.3, 0.4) is 0 Å². The number of carbonyl (C=O) groups is 1. The number of nitrogens with one attached hydrogen (secondary N) is 1. The van der Waals surface area contributed by atoms with Gasteiger partial charge in [-0.2, -0.15) is 8.78 Å². The summed E-state index contributed by atoms with van der Waals surface area (Å²) in [5.41, 5.74) is 1.82. The lowest BCUT2D eigenvalue weighted by Gasteiger charge is -2.12. The molecule has 174 valence electrons. The number of carbonyl (C=O) groups excluding carboxylic acids is 1. The van der Waals surface area contributed by atoms with Gasteiger partial charge in [-0.1, -0.05) is 54.2 Å². The molecule has 0 atom stereocenters. The number of thioether (sulfide) groups is 1. The summed E-state index contributed by atoms with van der Waals surface area (Å²) >= 11 is 1.15. The first-order chi connectivity index (χ1) is 16.5. The first-order valence-electron chi connectivity index (χ1n) is 10.2. The molecule has 0 aliphatic heterocycles. The maximum Gasteiger partial charge on any atom is 0.387 e. The fourth-order valence-electron chi connectivity index (χ4n) is 3.20. The summed E-state index contributed by atoms with van der Waals surface area (Å²) < 4.78 is 44.9. The lowest BCUT2D eigenvalue weighted by molar-refractivity contribution is -0.113. The molecule has 0 saturated heterocycles. The number of para-hydroxylation sites is 2. The number of aromatic nitrogens is 3. The van der Waals surface area contributed by atoms with Crippen LogP contribution in [0, 0.1) is 5.82 Å². The highest BCUT2D eigenvalue weighted by Gasteiger charge is 2.17. The van der Waals surface area contributed by atoms with Crippen LogP contribution >= 0.6 is 11.8 Å². The van der Waals surface area contributed by atoms with E-state index in [0.29, 0.717) is 23.1 Å². The van der Waals surface area contributed by atoms with Gasteiger partial charge in [0.25, 0.3) is 0 Å². The Balaban J connectivity index is 1.52. The number of alkyl halides is 2. The second kappa shape index (κ2) is 10.9. The molecule has 0 spiro atoms. The van der Waals surface area contributed by atoms with E-state index in [9.17, 15) is 18.0 Å². The Hall–Kier alpha value is -3.79. The number of hydrogen-bond acceptors (Lipinski definition) is 5. The van der Waals surface area contributed by atoms with Crippen molar-refractivity contribution in [3.05, 3.63) is 90.2 Å². The quantitative estimate of drug-likeness (QED) is 0.319. The van der Waals surface area contributed by atoms with Crippen molar-refractivity contribution in [2.24, 2.45) is 0 Å². The molecule has 34 heavy (non-hydrogen) atoms. The van der Waals surface area contributed by atoms with Crippen LogP contribution < -0.4 is 10.1 Å². The summed E-state index contributed by atoms with van der Waals surface area (Å²) in [6.07, 6.45) is 0. The van der Waals surface area contributed by atoms with Gasteiger partial charge in [0, 0.05) is 5.56 Å². The normalized spacial score (nSPS) is 10.9. The topological polar surface area (TPSA) is 69.0 Å². The number of benzene rings is 3. The first-order valence-corrected chi connectivity index (χ1v) is 11.2. The maximum absolute atomic E-state index is 13.4. The van der Waals surface area contributed by atoms with E-state index in [1.165, 1.54) is 30.3 Å². The van der Waals surface area contributed by atoms with E-state index < -0.39 is 12.5 Å². The molecular weight excluding hydrogens is 465 g/mol. The SMILES string of the molecule is O=C(CSc1nnc(-c2ccc(F)cc2)n1Cc1ccccc1)Nc1ccccc1OC(F)F. The molecule has 0 fully saturated rings. The van der Waals surface area contributed by atoms with Gasteiger partial charge in [0.15, 0.2) is 11.0 Å². The van der Waals surface area contributed by atoms with E-state index in [2.05, 4.69) is 20.3 Å². The fourth-order valence-corrected chi connectivity index (χ4v) is 3.94. The fraction of sp³-hybridized carbons (Fsp3) is 0.125. The molecule has 4 aromatic rings. The van der Waals surface area contributed by atoms with E-state index in [-0.39, 0.29) is 23.0 Å². The zero-order chi connectivity index (χ0) is 23.9. The molecule has 10 heteroatoms. The van der Waals surface area contributed by atoms with Crippen molar-refractivity contribution in [1.82, 2.24) is 14.8 Å². The predicted molar refractivity (Wildman–Crippen MR) is 123 cm³/mol. The van der Waals surface area contributed by atoms with Gasteiger partial charge in [0.05, 0.1) is 18.0 Å². The number of hydrogen-bond donors (Lipinski definition) is 1. The lowest BCUT2D eigenvalue weighted by atomic mass is 10.2. The van der Waals surface area contributed by atoms with E-state index in [0.717, 1.165) is 17.3 Å². The highest BCUT2D eigenvalue weighted by atomic mass is 32.2. The number of nitrogens with zero attached hydrogens (tertiary/aromatic N) is 3. The zero-order valence-electron chi connectivity index (χ0n) is 17.7. The van der Waals surface area contributed by atoms with Gasteiger partial charge in [0.1, 0.15) is 11.6 Å². The molecule has 0 saturated carbocycles. The number of halogens is 3. The zero-order valence-corrected chi connectivity index (χ0v) is 18.5. The average molecular weight is 485 g/mol. The molecule has 0 bridgehead atoms. The van der Waals surface area contributed by atoms with Crippen molar-refractivity contribution in [3.8, 4) is 17.1 Å². The number of ether oxygens (including phenoxy) is 1. The van der Waals surface area contributed by atoms with Crippen molar-refractivity contribution >= 4 is 23.4 Å². The van der Waals surface area contributed by atoms with Crippen molar-refractivity contribution in [3.63, 3.8) is 0 Å². The predicted octanol–water partition coefficient (Wildman–Crippen LogP) is 5.46. The Morgan fingerprint density at radius 1 is 0.971 bits per heavy atom. The first kappa shape index (κ1) is 23.4. The van der Waals surface area contributed by atoms with Crippen LogP contribution in [0.1, 0.15) is 5.56 Å². The summed E-state index contributed by atoms with van der Waals surface area (Å²) in [5, 5.41) is 11.5. The second-order valence-electron chi connectivity index (χ2n) is 7.10. The largest absolute Gasteiger partial charge is 0.433 e. The van der Waals surface area contributed by atoms with Gasteiger partial charge in [0.2, 0.25) is 5.91 Å². The molecule has 6 nitrogen and oxygen atoms in total. The number of rotatable bonds is 9. The Bertz CT molecular complexity index is 1250. The molecule has 3 aromatic carbocycles. The van der Waals surface area contributed by atoms with Gasteiger partial charge >= 0.3 is 6.61 Å². The number of amides is 1. The molecular formula is C24H19F3N4O2S. The van der Waals surface area contributed by atoms with Crippen molar-refractivity contribution in [2.75, 3.05) is 11.1 Å². The molecule has 1 N–H and O–H groups in total. The molecule has 4 rings (SSSR count). The smallest absolute Gasteiger partial charge is 0.387 e. The van der Waals surface area contributed by atoms with Crippen LogP contribution in [-0.2, 0) is 11.3 Å². The Morgan fingerprint density at radius 3 is 2.41 bits per heavy atom.